The van der Waals surface area contributed by atoms with Crippen molar-refractivity contribution < 1.29 is 33.0 Å². The maximum atomic E-state index is 16.2. The van der Waals surface area contributed by atoms with E-state index in [4.69, 9.17) is 14.2 Å². The van der Waals surface area contributed by atoms with Crippen LogP contribution in [0.5, 0.6) is 0 Å². The highest BCUT2D eigenvalue weighted by atomic mass is 19.1. The van der Waals surface area contributed by atoms with Crippen molar-refractivity contribution in [1.82, 2.24) is 15.2 Å². The van der Waals surface area contributed by atoms with Crippen LogP contribution >= 0.6 is 0 Å². The van der Waals surface area contributed by atoms with Crippen LogP contribution in [0.4, 0.5) is 9.18 Å². The Balaban J connectivity index is 1.64. The molecule has 9 nitrogen and oxygen atoms in total. The van der Waals surface area contributed by atoms with Crippen LogP contribution in [0.3, 0.4) is 0 Å². The molecule has 3 heterocycles. The van der Waals surface area contributed by atoms with Gasteiger partial charge in [0.15, 0.2) is 11.4 Å². The summed E-state index contributed by atoms with van der Waals surface area (Å²) in [5.74, 6) is -3.39. The number of amides is 1. The summed E-state index contributed by atoms with van der Waals surface area (Å²) in [5.41, 5.74) is -3.19. The van der Waals surface area contributed by atoms with Gasteiger partial charge in [-0.2, -0.15) is 0 Å². The number of para-hydroxylation sites is 1. The highest BCUT2D eigenvalue weighted by molar-refractivity contribution is 6.07. The molecule has 4 rings (SSSR count). The van der Waals surface area contributed by atoms with Crippen molar-refractivity contribution in [2.24, 2.45) is 17.8 Å². The number of rotatable bonds is 5. The molecular formula is C36H50FN3O6. The molecule has 252 valence electrons. The highest BCUT2D eigenvalue weighted by Gasteiger charge is 2.57. The number of nitrogens with zero attached hydrogens (tertiary/aromatic N) is 2. The first-order chi connectivity index (χ1) is 21.5. The molecule has 0 aliphatic carbocycles. The Bertz CT molecular complexity index is 1460. The normalized spacial score (nSPS) is 36.9. The molecule has 0 spiro atoms. The molecule has 0 radical (unpaired) electrons. The number of halogens is 1. The molecule has 1 unspecified atom stereocenters. The van der Waals surface area contributed by atoms with Gasteiger partial charge in [0.05, 0.1) is 23.8 Å². The summed E-state index contributed by atoms with van der Waals surface area (Å²) in [6, 6.07) is 9.17. The number of ketones is 1. The second-order valence-corrected chi connectivity index (χ2v) is 13.9. The largest absolute Gasteiger partial charge is 0.455 e. The summed E-state index contributed by atoms with van der Waals surface area (Å²) in [4.78, 5) is 46.3. The lowest BCUT2D eigenvalue weighted by Gasteiger charge is -2.42. The van der Waals surface area contributed by atoms with Crippen LogP contribution in [-0.2, 0) is 23.8 Å². The van der Waals surface area contributed by atoms with Gasteiger partial charge in [-0.3, -0.25) is 9.78 Å². The summed E-state index contributed by atoms with van der Waals surface area (Å²) >= 11 is 0. The zero-order valence-corrected chi connectivity index (χ0v) is 28.6. The van der Waals surface area contributed by atoms with Crippen molar-refractivity contribution >= 4 is 34.8 Å². The molecule has 2 fully saturated rings. The summed E-state index contributed by atoms with van der Waals surface area (Å²) < 4.78 is 34.2. The minimum Gasteiger partial charge on any atom is -0.455 e. The van der Waals surface area contributed by atoms with E-state index in [1.165, 1.54) is 0 Å². The van der Waals surface area contributed by atoms with Crippen LogP contribution in [0, 0.1) is 17.8 Å². The van der Waals surface area contributed by atoms with E-state index in [0.717, 1.165) is 23.4 Å². The number of cyclic esters (lactones) is 1. The summed E-state index contributed by atoms with van der Waals surface area (Å²) in [6.45, 7) is 14.9. The second-order valence-electron chi connectivity index (χ2n) is 13.9. The first kappa shape index (κ1) is 35.5. The molecule has 2 aliphatic rings. The molecule has 0 bridgehead atoms. The van der Waals surface area contributed by atoms with Crippen molar-refractivity contribution in [2.45, 2.75) is 103 Å². The molecule has 1 aromatic carbocycles. The van der Waals surface area contributed by atoms with E-state index in [9.17, 15) is 14.4 Å². The lowest BCUT2D eigenvalue weighted by molar-refractivity contribution is -0.180. The molecule has 46 heavy (non-hydrogen) atoms. The van der Waals surface area contributed by atoms with E-state index in [1.54, 1.807) is 27.0 Å². The van der Waals surface area contributed by atoms with Crippen LogP contribution < -0.4 is 5.32 Å². The maximum absolute atomic E-state index is 16.2. The molecular weight excluding hydrogens is 589 g/mol. The van der Waals surface area contributed by atoms with Crippen molar-refractivity contribution in [3.63, 3.8) is 0 Å². The van der Waals surface area contributed by atoms with Gasteiger partial charge in [-0.05, 0) is 77.1 Å². The standard InChI is InChI=1S/C36H50FN3O6/c1-10-29-36(8)30(39-33(43)46-36)25(5)40(9)21-22(2)19-34(6,24(4)23(3)31(41)35(7,37)32(42)45-29)44-17-13-14-26-18-27-15-11-12-16-28(27)38-20-26/h11-16,18,20,22-25,29-30H,10,17,19,21H2,1-9H3,(H,39,43)/b14-13+/t22-,23-,24?,25-,29-,30-,34-,35+,36-/m1/s1. The van der Waals surface area contributed by atoms with Crippen molar-refractivity contribution in [1.29, 1.82) is 0 Å². The van der Waals surface area contributed by atoms with E-state index in [1.807, 2.05) is 64.2 Å². The van der Waals surface area contributed by atoms with E-state index in [2.05, 4.69) is 28.2 Å². The van der Waals surface area contributed by atoms with Gasteiger partial charge in [0, 0.05) is 30.1 Å². The third-order valence-electron chi connectivity index (χ3n) is 10.4. The molecule has 0 saturated carbocycles. The quantitative estimate of drug-likeness (QED) is 0.307. The van der Waals surface area contributed by atoms with Gasteiger partial charge < -0.3 is 24.4 Å². The number of Topliss-reactive ketones (excluding diaryl/α,β-unsaturated/α-hetero) is 1. The van der Waals surface area contributed by atoms with E-state index in [-0.39, 0.29) is 25.0 Å². The van der Waals surface area contributed by atoms with Gasteiger partial charge in [-0.15, -0.1) is 0 Å². The number of likely N-dealkylation sites (N-methyl/N-ethyl adjacent to an activating group) is 1. The summed E-state index contributed by atoms with van der Waals surface area (Å²) in [5, 5.41) is 3.93. The van der Waals surface area contributed by atoms with Gasteiger partial charge in [-0.1, -0.05) is 58.0 Å². The van der Waals surface area contributed by atoms with Gasteiger partial charge >= 0.3 is 12.1 Å². The van der Waals surface area contributed by atoms with Crippen LogP contribution in [0.25, 0.3) is 17.0 Å². The third kappa shape index (κ3) is 7.13. The monoisotopic (exact) mass is 639 g/mol. The Labute approximate surface area is 272 Å². The Morgan fingerprint density at radius 3 is 2.52 bits per heavy atom. The van der Waals surface area contributed by atoms with Crippen molar-refractivity contribution in [3.05, 3.63) is 48.2 Å². The number of benzene rings is 1. The molecule has 1 amide bonds. The van der Waals surface area contributed by atoms with Crippen LogP contribution in [0.15, 0.2) is 42.6 Å². The smallest absolute Gasteiger partial charge is 0.408 e. The number of carbonyl (C=O) groups is 3. The fraction of sp³-hybridized carbons (Fsp3) is 0.611. The minimum absolute atomic E-state index is 0.0851. The first-order valence-electron chi connectivity index (χ1n) is 16.3. The lowest BCUT2D eigenvalue weighted by atomic mass is 9.72. The zero-order valence-electron chi connectivity index (χ0n) is 28.6. The number of alkyl halides is 1. The molecule has 2 aliphatic heterocycles. The number of esters is 1. The maximum Gasteiger partial charge on any atom is 0.408 e. The summed E-state index contributed by atoms with van der Waals surface area (Å²) in [6.07, 6.45) is 4.87. The molecule has 10 heteroatoms. The number of hydrogen-bond donors (Lipinski definition) is 1. The van der Waals surface area contributed by atoms with E-state index >= 15 is 4.39 Å². The number of pyridine rings is 1. The van der Waals surface area contributed by atoms with Gasteiger partial charge in [0.1, 0.15) is 6.10 Å². The molecule has 9 atom stereocenters. The van der Waals surface area contributed by atoms with Gasteiger partial charge in [-0.25, -0.2) is 14.0 Å². The Kier molecular flexibility index (Phi) is 10.6. The van der Waals surface area contributed by atoms with Crippen molar-refractivity contribution in [2.75, 3.05) is 20.2 Å². The van der Waals surface area contributed by atoms with Crippen LogP contribution in [0.2, 0.25) is 0 Å². The van der Waals surface area contributed by atoms with Gasteiger partial charge in [0.25, 0.3) is 5.67 Å². The number of aromatic nitrogens is 1. The van der Waals surface area contributed by atoms with Crippen LogP contribution in [0.1, 0.15) is 73.8 Å². The topological polar surface area (TPSA) is 107 Å². The van der Waals surface area contributed by atoms with Crippen molar-refractivity contribution in [3.8, 4) is 0 Å². The zero-order chi connectivity index (χ0) is 34.0. The predicted octanol–water partition coefficient (Wildman–Crippen LogP) is 6.14. The molecule has 2 aromatic rings. The molecule has 1 aromatic heterocycles. The highest BCUT2D eigenvalue weighted by Crippen LogP contribution is 2.39. The average molecular weight is 640 g/mol. The SMILES string of the molecule is CC[C@H]1OC(=O)[C@@](C)(F)C(=O)[C@H](C)C(C)[C@](C)(OC/C=C/c2cnc3ccccc3c2)C[C@@H](C)CN(C)[C@H](C)[C@H]2NC(=O)O[C@@]21C. The predicted molar refractivity (Wildman–Crippen MR) is 176 cm³/mol. The lowest BCUT2D eigenvalue weighted by Crippen LogP contribution is -2.60. The second kappa shape index (κ2) is 13.8. The number of nitrogens with one attached hydrogen (secondary N) is 1. The third-order valence-corrected chi connectivity index (χ3v) is 10.4. The first-order valence-corrected chi connectivity index (χ1v) is 16.3. The summed E-state index contributed by atoms with van der Waals surface area (Å²) in [7, 11) is 1.98. The molecule has 1 N–H and O–H groups in total. The molecule has 2 saturated heterocycles. The van der Waals surface area contributed by atoms with E-state index in [0.29, 0.717) is 13.0 Å². The average Bonchev–Trinajstić information content (AvgIpc) is 3.33. The number of carbonyl (C=O) groups excluding carboxylic acids is 3. The Morgan fingerprint density at radius 2 is 1.83 bits per heavy atom. The number of hydrogen-bond acceptors (Lipinski definition) is 8. The van der Waals surface area contributed by atoms with Gasteiger partial charge in [0.2, 0.25) is 0 Å². The minimum atomic E-state index is -2.92. The number of alkyl carbamates (subject to hydrolysis) is 1. The number of fused-ring (bicyclic) bond motifs is 2. The van der Waals surface area contributed by atoms with Crippen LogP contribution in [-0.4, -0.2) is 83.0 Å². The fourth-order valence-electron chi connectivity index (χ4n) is 7.21. The fourth-order valence-corrected chi connectivity index (χ4v) is 7.21. The Hall–Kier alpha value is -3.37. The van der Waals surface area contributed by atoms with E-state index < -0.39 is 58.7 Å². The number of ether oxygens (including phenoxy) is 3. The Morgan fingerprint density at radius 1 is 1.13 bits per heavy atom.